The van der Waals surface area contributed by atoms with E-state index in [4.69, 9.17) is 0 Å². The van der Waals surface area contributed by atoms with E-state index in [0.29, 0.717) is 5.69 Å². The van der Waals surface area contributed by atoms with Gasteiger partial charge >= 0.3 is 0 Å². The van der Waals surface area contributed by atoms with Gasteiger partial charge in [0.1, 0.15) is 11.6 Å². The Bertz CT molecular complexity index is 932. The molecular weight excluding hydrogens is 455 g/mol. The second kappa shape index (κ2) is 10.5. The summed E-state index contributed by atoms with van der Waals surface area (Å²) in [5.74, 6) is 0.885. The molecule has 1 atom stereocenters. The summed E-state index contributed by atoms with van der Waals surface area (Å²) in [6, 6.07) is 3.72. The minimum atomic E-state index is -0.190. The average molecular weight is 487 g/mol. The number of fused-ring (bicyclic) bond motifs is 2. The Balaban J connectivity index is 1.30. The van der Waals surface area contributed by atoms with Crippen LogP contribution in [-0.2, 0) is 0 Å². The van der Waals surface area contributed by atoms with Crippen LogP contribution in [0.4, 0.5) is 10.1 Å². The molecule has 2 heterocycles. The van der Waals surface area contributed by atoms with Crippen LogP contribution in [0.2, 0.25) is 0 Å². The highest BCUT2D eigenvalue weighted by Crippen LogP contribution is 2.34. The standard InChI is InChI=1S/C25H32BrFN4/c1-2-3-7-17-14-24(31-23-9-5-4-8-19(17)23)29-12-6-11-28-22-10-13-30-25-20(22)15-18(26)16-21(25)27/h7-9,14-16,22,28-31H,2-6,10-13H2,1H3. The first-order valence-corrected chi connectivity index (χ1v) is 12.2. The molecule has 0 aromatic heterocycles. The lowest BCUT2D eigenvalue weighted by Gasteiger charge is -2.29. The summed E-state index contributed by atoms with van der Waals surface area (Å²) in [6.45, 7) is 4.76. The molecule has 4 rings (SSSR count). The van der Waals surface area contributed by atoms with E-state index in [1.165, 1.54) is 22.9 Å². The molecule has 4 N–H and O–H groups in total. The van der Waals surface area contributed by atoms with Gasteiger partial charge < -0.3 is 21.3 Å². The van der Waals surface area contributed by atoms with E-state index in [1.807, 2.05) is 6.07 Å². The van der Waals surface area contributed by atoms with Crippen LogP contribution >= 0.6 is 15.9 Å². The third-order valence-corrected chi connectivity index (χ3v) is 6.40. The zero-order valence-corrected chi connectivity index (χ0v) is 19.7. The zero-order valence-electron chi connectivity index (χ0n) is 18.2. The summed E-state index contributed by atoms with van der Waals surface area (Å²) in [6.07, 6.45) is 15.7. The van der Waals surface area contributed by atoms with Crippen molar-refractivity contribution in [3.05, 3.63) is 75.0 Å². The topological polar surface area (TPSA) is 48.1 Å². The van der Waals surface area contributed by atoms with Gasteiger partial charge in [0.15, 0.2) is 0 Å². The molecule has 0 amide bonds. The molecule has 6 heteroatoms. The van der Waals surface area contributed by atoms with Crippen molar-refractivity contribution < 1.29 is 4.39 Å². The number of benzene rings is 1. The van der Waals surface area contributed by atoms with Gasteiger partial charge in [0.2, 0.25) is 0 Å². The molecule has 0 bridgehead atoms. The fraction of sp³-hybridized carbons (Fsp3) is 0.440. The molecule has 3 aliphatic rings. The molecule has 1 aromatic rings. The van der Waals surface area contributed by atoms with E-state index >= 15 is 0 Å². The highest BCUT2D eigenvalue weighted by molar-refractivity contribution is 9.10. The minimum absolute atomic E-state index is 0.180. The fourth-order valence-corrected chi connectivity index (χ4v) is 4.84. The molecule has 0 saturated carbocycles. The number of nitrogens with one attached hydrogen (secondary N) is 4. The maximum atomic E-state index is 14.2. The molecule has 1 aromatic carbocycles. The summed E-state index contributed by atoms with van der Waals surface area (Å²) in [5, 5.41) is 13.9. The largest absolute Gasteiger partial charge is 0.382 e. The zero-order chi connectivity index (χ0) is 21.6. The lowest BCUT2D eigenvalue weighted by molar-refractivity contribution is 0.484. The second-order valence-electron chi connectivity index (χ2n) is 8.30. The van der Waals surface area contributed by atoms with Gasteiger partial charge in [-0.15, -0.1) is 0 Å². The van der Waals surface area contributed by atoms with Gasteiger partial charge in [0, 0.05) is 34.9 Å². The highest BCUT2D eigenvalue weighted by Gasteiger charge is 2.23. The molecular formula is C25H32BrFN4. The van der Waals surface area contributed by atoms with Crippen molar-refractivity contribution in [3.8, 4) is 0 Å². The van der Waals surface area contributed by atoms with E-state index in [1.54, 1.807) is 0 Å². The predicted molar refractivity (Wildman–Crippen MR) is 130 cm³/mol. The summed E-state index contributed by atoms with van der Waals surface area (Å²) in [7, 11) is 0. The van der Waals surface area contributed by atoms with E-state index in [9.17, 15) is 4.39 Å². The molecule has 0 saturated heterocycles. The molecule has 0 fully saturated rings. The van der Waals surface area contributed by atoms with Crippen molar-refractivity contribution in [3.63, 3.8) is 0 Å². The van der Waals surface area contributed by atoms with Gasteiger partial charge in [-0.1, -0.05) is 47.5 Å². The normalized spacial score (nSPS) is 21.2. The van der Waals surface area contributed by atoms with Crippen molar-refractivity contribution in [1.29, 1.82) is 0 Å². The Kier molecular flexibility index (Phi) is 7.51. The highest BCUT2D eigenvalue weighted by atomic mass is 79.9. The van der Waals surface area contributed by atoms with Crippen molar-refractivity contribution in [2.24, 2.45) is 0 Å². The number of anilines is 1. The van der Waals surface area contributed by atoms with Gasteiger partial charge in [-0.05, 0) is 68.0 Å². The van der Waals surface area contributed by atoms with Crippen molar-refractivity contribution in [2.75, 3.05) is 25.0 Å². The number of allylic oxidation sites excluding steroid dienone is 5. The van der Waals surface area contributed by atoms with Crippen LogP contribution in [0.15, 0.2) is 63.6 Å². The van der Waals surface area contributed by atoms with Crippen LogP contribution in [0.25, 0.3) is 0 Å². The van der Waals surface area contributed by atoms with Gasteiger partial charge in [0.25, 0.3) is 0 Å². The monoisotopic (exact) mass is 486 g/mol. The number of hydrogen-bond acceptors (Lipinski definition) is 4. The quantitative estimate of drug-likeness (QED) is 0.351. The van der Waals surface area contributed by atoms with Gasteiger partial charge in [-0.25, -0.2) is 4.39 Å². The summed E-state index contributed by atoms with van der Waals surface area (Å²) in [4.78, 5) is 0. The Morgan fingerprint density at radius 3 is 2.97 bits per heavy atom. The Hall–Kier alpha value is -2.05. The lowest BCUT2D eigenvalue weighted by atomic mass is 9.92. The predicted octanol–water partition coefficient (Wildman–Crippen LogP) is 5.79. The van der Waals surface area contributed by atoms with Crippen LogP contribution in [-0.4, -0.2) is 19.6 Å². The SMILES string of the molecule is CCCC=C1C=C(NCCCNC2CCNc3c(F)cc(Br)cc32)NC2=CCCC=C12. The average Bonchev–Trinajstić information content (AvgIpc) is 2.77. The summed E-state index contributed by atoms with van der Waals surface area (Å²) in [5.41, 5.74) is 5.55. The van der Waals surface area contributed by atoms with Crippen LogP contribution in [0.5, 0.6) is 0 Å². The first kappa shape index (κ1) is 22.2. The van der Waals surface area contributed by atoms with E-state index in [2.05, 4.69) is 68.4 Å². The Labute approximate surface area is 193 Å². The van der Waals surface area contributed by atoms with Crippen LogP contribution in [0.3, 0.4) is 0 Å². The Morgan fingerprint density at radius 1 is 1.23 bits per heavy atom. The second-order valence-corrected chi connectivity index (χ2v) is 9.21. The van der Waals surface area contributed by atoms with Crippen LogP contribution < -0.4 is 21.3 Å². The molecule has 166 valence electrons. The number of halogens is 2. The van der Waals surface area contributed by atoms with Crippen LogP contribution in [0, 0.1) is 5.82 Å². The van der Waals surface area contributed by atoms with Crippen LogP contribution in [0.1, 0.15) is 57.1 Å². The summed E-state index contributed by atoms with van der Waals surface area (Å²) < 4.78 is 15.0. The van der Waals surface area contributed by atoms with E-state index in [-0.39, 0.29) is 11.9 Å². The molecule has 0 radical (unpaired) electrons. The molecule has 4 nitrogen and oxygen atoms in total. The maximum absolute atomic E-state index is 14.2. The third-order valence-electron chi connectivity index (χ3n) is 5.94. The smallest absolute Gasteiger partial charge is 0.147 e. The molecule has 31 heavy (non-hydrogen) atoms. The van der Waals surface area contributed by atoms with Gasteiger partial charge in [-0.3, -0.25) is 0 Å². The number of hydrogen-bond donors (Lipinski definition) is 4. The van der Waals surface area contributed by atoms with E-state index < -0.39 is 0 Å². The third kappa shape index (κ3) is 5.42. The van der Waals surface area contributed by atoms with Gasteiger partial charge in [0.05, 0.1) is 5.69 Å². The molecule has 1 unspecified atom stereocenters. The fourth-order valence-electron chi connectivity index (χ4n) is 4.40. The van der Waals surface area contributed by atoms with Crippen molar-refractivity contribution >= 4 is 21.6 Å². The first-order valence-electron chi connectivity index (χ1n) is 11.5. The Morgan fingerprint density at radius 2 is 2.10 bits per heavy atom. The molecule has 1 aliphatic carbocycles. The van der Waals surface area contributed by atoms with Crippen molar-refractivity contribution in [2.45, 2.75) is 51.5 Å². The van der Waals surface area contributed by atoms with E-state index in [0.717, 1.165) is 74.0 Å². The number of rotatable bonds is 8. The lowest BCUT2D eigenvalue weighted by Crippen LogP contribution is -2.33. The minimum Gasteiger partial charge on any atom is -0.382 e. The molecule has 2 aliphatic heterocycles. The first-order chi connectivity index (χ1) is 15.2. The molecule has 0 spiro atoms. The number of unbranched alkanes of at least 4 members (excludes halogenated alkanes) is 1. The van der Waals surface area contributed by atoms with Gasteiger partial charge in [-0.2, -0.15) is 0 Å². The van der Waals surface area contributed by atoms with Crippen molar-refractivity contribution in [1.82, 2.24) is 16.0 Å². The summed E-state index contributed by atoms with van der Waals surface area (Å²) >= 11 is 3.42. The maximum Gasteiger partial charge on any atom is 0.147 e.